The zero-order valence-electron chi connectivity index (χ0n) is 15.3. The van der Waals surface area contributed by atoms with Crippen LogP contribution in [0.3, 0.4) is 0 Å². The number of hydrogen-bond acceptors (Lipinski definition) is 5. The maximum Gasteiger partial charge on any atom is 0.240 e. The highest BCUT2D eigenvalue weighted by molar-refractivity contribution is 7.89. The third-order valence-corrected chi connectivity index (χ3v) is 6.24. The minimum absolute atomic E-state index is 0.00687. The van der Waals surface area contributed by atoms with Crippen molar-refractivity contribution in [2.24, 2.45) is 11.8 Å². The minimum Gasteiger partial charge on any atom is -0.354 e. The molecule has 0 aromatic heterocycles. The molecule has 1 aromatic carbocycles. The fourth-order valence-corrected chi connectivity index (χ4v) is 4.27. The number of carbonyl (C=O) groups excluding carboxylic acids is 1. The molecule has 8 heteroatoms. The molecule has 1 amide bonds. The van der Waals surface area contributed by atoms with E-state index in [1.54, 1.807) is 30.3 Å². The van der Waals surface area contributed by atoms with E-state index in [9.17, 15) is 13.2 Å². The van der Waals surface area contributed by atoms with Gasteiger partial charge in [0.2, 0.25) is 15.9 Å². The number of hydrogen-bond donors (Lipinski definition) is 2. The molecule has 1 fully saturated rings. The third-order valence-electron chi connectivity index (χ3n) is 4.80. The van der Waals surface area contributed by atoms with Crippen LogP contribution in [-0.4, -0.2) is 47.9 Å². The number of ether oxygens (including phenoxy) is 2. The van der Waals surface area contributed by atoms with Crippen molar-refractivity contribution in [1.82, 2.24) is 10.0 Å². The van der Waals surface area contributed by atoms with E-state index in [0.717, 1.165) is 25.7 Å². The van der Waals surface area contributed by atoms with Crippen molar-refractivity contribution in [3.8, 4) is 0 Å². The summed E-state index contributed by atoms with van der Waals surface area (Å²) in [6, 6.07) is 8.35. The molecule has 0 aliphatic heterocycles. The number of rotatable bonds is 9. The number of sulfonamides is 1. The minimum atomic E-state index is -3.47. The maximum absolute atomic E-state index is 12.3. The summed E-state index contributed by atoms with van der Waals surface area (Å²) < 4.78 is 37.3. The normalized spacial score (nSPS) is 20.9. The zero-order valence-corrected chi connectivity index (χ0v) is 16.1. The first kappa shape index (κ1) is 20.8. The van der Waals surface area contributed by atoms with Crippen molar-refractivity contribution in [3.63, 3.8) is 0 Å². The van der Waals surface area contributed by atoms with Crippen LogP contribution in [-0.2, 0) is 24.3 Å². The Morgan fingerprint density at radius 1 is 1.12 bits per heavy atom. The van der Waals surface area contributed by atoms with Gasteiger partial charge in [-0.3, -0.25) is 4.79 Å². The Hall–Kier alpha value is -1.48. The van der Waals surface area contributed by atoms with Crippen molar-refractivity contribution >= 4 is 15.9 Å². The number of nitrogens with one attached hydrogen (secondary N) is 2. The summed E-state index contributed by atoms with van der Waals surface area (Å²) in [5, 5.41) is 2.85. The van der Waals surface area contributed by atoms with E-state index in [4.69, 9.17) is 9.47 Å². The van der Waals surface area contributed by atoms with Gasteiger partial charge in [0, 0.05) is 26.7 Å². The lowest BCUT2D eigenvalue weighted by Crippen LogP contribution is -2.39. The summed E-state index contributed by atoms with van der Waals surface area (Å²) in [4.78, 5) is 12.5. The van der Waals surface area contributed by atoms with Crippen molar-refractivity contribution in [2.45, 2.75) is 36.9 Å². The molecule has 0 saturated heterocycles. The molecule has 0 unspecified atom stereocenters. The van der Waals surface area contributed by atoms with E-state index in [1.807, 2.05) is 0 Å². The number of benzene rings is 1. The summed E-state index contributed by atoms with van der Waals surface area (Å²) in [5.41, 5.74) is 0. The van der Waals surface area contributed by atoms with Crippen molar-refractivity contribution in [1.29, 1.82) is 0 Å². The monoisotopic (exact) mass is 384 g/mol. The van der Waals surface area contributed by atoms with E-state index in [1.165, 1.54) is 14.2 Å². The van der Waals surface area contributed by atoms with Crippen LogP contribution in [0, 0.1) is 11.8 Å². The first-order chi connectivity index (χ1) is 12.5. The topological polar surface area (TPSA) is 93.7 Å². The highest BCUT2D eigenvalue weighted by Crippen LogP contribution is 2.28. The molecule has 0 atom stereocenters. The van der Waals surface area contributed by atoms with Crippen LogP contribution in [0.25, 0.3) is 0 Å². The van der Waals surface area contributed by atoms with Gasteiger partial charge >= 0.3 is 0 Å². The molecule has 1 aliphatic rings. The van der Waals surface area contributed by atoms with Gasteiger partial charge in [0.05, 0.1) is 11.4 Å². The lowest BCUT2D eigenvalue weighted by atomic mass is 9.81. The average Bonchev–Trinajstić information content (AvgIpc) is 2.68. The molecule has 2 N–H and O–H groups in total. The predicted molar refractivity (Wildman–Crippen MR) is 97.9 cm³/mol. The molecule has 146 valence electrons. The maximum atomic E-state index is 12.3. The van der Waals surface area contributed by atoms with Crippen molar-refractivity contribution in [3.05, 3.63) is 30.3 Å². The quantitative estimate of drug-likeness (QED) is 0.630. The molecule has 2 rings (SSSR count). The summed E-state index contributed by atoms with van der Waals surface area (Å²) in [6.07, 6.45) is 2.73. The molecule has 1 aliphatic carbocycles. The van der Waals surface area contributed by atoms with Gasteiger partial charge in [0.25, 0.3) is 0 Å². The van der Waals surface area contributed by atoms with Crippen LogP contribution in [0.1, 0.15) is 25.7 Å². The molecule has 0 bridgehead atoms. The summed E-state index contributed by atoms with van der Waals surface area (Å²) in [6.45, 7) is 0.726. The second-order valence-electron chi connectivity index (χ2n) is 6.53. The van der Waals surface area contributed by atoms with E-state index in [-0.39, 0.29) is 22.6 Å². The zero-order chi connectivity index (χ0) is 19.0. The Morgan fingerprint density at radius 3 is 2.31 bits per heavy atom. The van der Waals surface area contributed by atoms with Crippen LogP contribution in [0.5, 0.6) is 0 Å². The summed E-state index contributed by atoms with van der Waals surface area (Å²) >= 11 is 0. The number of carbonyl (C=O) groups is 1. The Kier molecular flexibility index (Phi) is 8.02. The van der Waals surface area contributed by atoms with E-state index in [2.05, 4.69) is 10.0 Å². The fraction of sp³-hybridized carbons (Fsp3) is 0.611. The van der Waals surface area contributed by atoms with Crippen molar-refractivity contribution in [2.75, 3.05) is 27.3 Å². The van der Waals surface area contributed by atoms with Gasteiger partial charge in [-0.2, -0.15) is 0 Å². The van der Waals surface area contributed by atoms with Gasteiger partial charge in [0.1, 0.15) is 0 Å². The highest BCUT2D eigenvalue weighted by atomic mass is 32.2. The Balaban J connectivity index is 1.74. The highest BCUT2D eigenvalue weighted by Gasteiger charge is 2.27. The van der Waals surface area contributed by atoms with Gasteiger partial charge < -0.3 is 14.8 Å². The molecule has 7 nitrogen and oxygen atoms in total. The van der Waals surface area contributed by atoms with E-state index < -0.39 is 16.3 Å². The van der Waals surface area contributed by atoms with Crippen LogP contribution < -0.4 is 10.0 Å². The molecular formula is C18H28N2O5S. The lowest BCUT2D eigenvalue weighted by Gasteiger charge is -2.28. The van der Waals surface area contributed by atoms with Crippen LogP contribution in [0.15, 0.2) is 35.2 Å². The van der Waals surface area contributed by atoms with Gasteiger partial charge in [-0.1, -0.05) is 18.2 Å². The standard InChI is InChI=1S/C18H28N2O5S/c1-24-17(25-2)13-19-18(21)15-10-8-14(9-11-15)12-20-26(22,23)16-6-4-3-5-7-16/h3-7,14-15,17,20H,8-13H2,1-2H3,(H,19,21). The molecule has 1 aromatic rings. The molecule has 0 heterocycles. The smallest absolute Gasteiger partial charge is 0.240 e. The largest absolute Gasteiger partial charge is 0.354 e. The third kappa shape index (κ3) is 6.05. The summed E-state index contributed by atoms with van der Waals surface area (Å²) in [5.74, 6) is 0.224. The predicted octanol–water partition coefficient (Wildman–Crippen LogP) is 1.51. The molecule has 0 radical (unpaired) electrons. The molecule has 0 spiro atoms. The van der Waals surface area contributed by atoms with Gasteiger partial charge in [-0.15, -0.1) is 0 Å². The number of amides is 1. The lowest BCUT2D eigenvalue weighted by molar-refractivity contribution is -0.132. The number of methoxy groups -OCH3 is 2. The first-order valence-corrected chi connectivity index (χ1v) is 10.3. The molecular weight excluding hydrogens is 356 g/mol. The van der Waals surface area contributed by atoms with E-state index in [0.29, 0.717) is 13.1 Å². The second kappa shape index (κ2) is 10.0. The Bertz CT molecular complexity index is 653. The Labute approximate surface area is 155 Å². The van der Waals surface area contributed by atoms with Crippen LogP contribution in [0.2, 0.25) is 0 Å². The van der Waals surface area contributed by atoms with Gasteiger partial charge in [0.15, 0.2) is 6.29 Å². The van der Waals surface area contributed by atoms with Crippen LogP contribution >= 0.6 is 0 Å². The SMILES string of the molecule is COC(CNC(=O)C1CCC(CNS(=O)(=O)c2ccccc2)CC1)OC. The molecule has 1 saturated carbocycles. The molecule has 26 heavy (non-hydrogen) atoms. The van der Waals surface area contributed by atoms with Crippen LogP contribution in [0.4, 0.5) is 0 Å². The second-order valence-corrected chi connectivity index (χ2v) is 8.30. The van der Waals surface area contributed by atoms with Gasteiger partial charge in [-0.25, -0.2) is 13.1 Å². The van der Waals surface area contributed by atoms with Gasteiger partial charge in [-0.05, 0) is 43.7 Å². The van der Waals surface area contributed by atoms with Crippen molar-refractivity contribution < 1.29 is 22.7 Å². The van der Waals surface area contributed by atoms with E-state index >= 15 is 0 Å². The fourth-order valence-electron chi connectivity index (χ4n) is 3.13. The first-order valence-electron chi connectivity index (χ1n) is 8.84. The summed E-state index contributed by atoms with van der Waals surface area (Å²) in [7, 11) is -0.411. The Morgan fingerprint density at radius 2 is 1.73 bits per heavy atom. The average molecular weight is 384 g/mol.